The first-order valence-electron chi connectivity index (χ1n) is 9.83. The monoisotopic (exact) mass is 408 g/mol. The van der Waals surface area contributed by atoms with Crippen molar-refractivity contribution in [3.8, 4) is 11.8 Å². The van der Waals surface area contributed by atoms with E-state index in [0.717, 1.165) is 43.7 Å². The van der Waals surface area contributed by atoms with Gasteiger partial charge in [0.2, 0.25) is 0 Å². The van der Waals surface area contributed by atoms with Crippen LogP contribution in [0.1, 0.15) is 76.7 Å². The maximum absolute atomic E-state index is 12.7. The molecule has 154 valence electrons. The number of hydrogen-bond donors (Lipinski definition) is 0. The van der Waals surface area contributed by atoms with Crippen LogP contribution in [0.2, 0.25) is 0 Å². The minimum absolute atomic E-state index is 0.247. The molecule has 27 heavy (non-hydrogen) atoms. The van der Waals surface area contributed by atoms with Gasteiger partial charge in [-0.15, -0.1) is 0 Å². The molecule has 0 radical (unpaired) electrons. The molecule has 6 heteroatoms. The molecule has 1 aliphatic carbocycles. The van der Waals surface area contributed by atoms with Gasteiger partial charge in [-0.3, -0.25) is 0 Å². The molecule has 0 aliphatic heterocycles. The van der Waals surface area contributed by atoms with Crippen LogP contribution in [0.3, 0.4) is 0 Å². The Hall–Kier alpha value is -1.22. The Kier molecular flexibility index (Phi) is 6.56. The van der Waals surface area contributed by atoms with Gasteiger partial charge in [0.25, 0.3) is 0 Å². The molecule has 1 aliphatic rings. The van der Waals surface area contributed by atoms with Crippen LogP contribution < -0.4 is 0 Å². The van der Waals surface area contributed by atoms with Crippen molar-refractivity contribution >= 4 is 10.2 Å². The summed E-state index contributed by atoms with van der Waals surface area (Å²) < 4.78 is 63.5. The maximum atomic E-state index is 12.7. The molecular formula is C21H29F5S. The highest BCUT2D eigenvalue weighted by molar-refractivity contribution is 8.45. The molecule has 0 N–H and O–H groups in total. The third-order valence-corrected chi connectivity index (χ3v) is 6.45. The zero-order valence-corrected chi connectivity index (χ0v) is 16.6. The lowest BCUT2D eigenvalue weighted by atomic mass is 9.80. The van der Waals surface area contributed by atoms with Gasteiger partial charge in [0.15, 0.2) is 0 Å². The first-order valence-corrected chi connectivity index (χ1v) is 11.8. The Morgan fingerprint density at radius 2 is 1.44 bits per heavy atom. The minimum Gasteiger partial charge on any atom is -0.0945 e. The first kappa shape index (κ1) is 22.1. The maximum Gasteiger partial charge on any atom is 0.310 e. The Labute approximate surface area is 159 Å². The average molecular weight is 409 g/mol. The molecule has 0 bridgehead atoms. The van der Waals surface area contributed by atoms with Crippen molar-refractivity contribution in [3.05, 3.63) is 29.8 Å². The fourth-order valence-electron chi connectivity index (χ4n) is 3.61. The largest absolute Gasteiger partial charge is 0.310 e. The summed E-state index contributed by atoms with van der Waals surface area (Å²) in [5.74, 6) is 6.97. The summed E-state index contributed by atoms with van der Waals surface area (Å²) in [5, 5.41) is 0. The van der Waals surface area contributed by atoms with Crippen molar-refractivity contribution < 1.29 is 19.4 Å². The van der Waals surface area contributed by atoms with Crippen LogP contribution in [-0.2, 0) is 0 Å². The zero-order chi connectivity index (χ0) is 20.0. The van der Waals surface area contributed by atoms with Crippen LogP contribution in [0.15, 0.2) is 29.2 Å². The summed E-state index contributed by atoms with van der Waals surface area (Å²) in [7, 11) is -9.59. The van der Waals surface area contributed by atoms with Gasteiger partial charge in [-0.1, -0.05) is 76.7 Å². The third kappa shape index (κ3) is 7.73. The van der Waals surface area contributed by atoms with Gasteiger partial charge in [-0.25, -0.2) is 0 Å². The molecule has 1 fully saturated rings. The SMILES string of the molecule is CCCCCCCC1CCC(C#Cc2ccc(S(F)(F)(F)(F)F)cc2)CC1. The normalized spacial score (nSPS) is 23.0. The van der Waals surface area contributed by atoms with Crippen molar-refractivity contribution in [1.29, 1.82) is 0 Å². The Bertz CT molecular complexity index is 659. The molecule has 0 aromatic heterocycles. The number of benzene rings is 1. The highest BCUT2D eigenvalue weighted by Gasteiger charge is 2.65. The summed E-state index contributed by atoms with van der Waals surface area (Å²) in [5.41, 5.74) is 0.346. The van der Waals surface area contributed by atoms with Crippen LogP contribution in [0.25, 0.3) is 0 Å². The van der Waals surface area contributed by atoms with Gasteiger partial charge in [-0.05, 0) is 55.9 Å². The van der Waals surface area contributed by atoms with E-state index in [2.05, 4.69) is 18.8 Å². The topological polar surface area (TPSA) is 0 Å². The van der Waals surface area contributed by atoms with E-state index in [4.69, 9.17) is 0 Å². The Morgan fingerprint density at radius 1 is 0.852 bits per heavy atom. The van der Waals surface area contributed by atoms with Gasteiger partial charge in [0, 0.05) is 11.5 Å². The Balaban J connectivity index is 1.81. The van der Waals surface area contributed by atoms with Crippen molar-refractivity contribution in [3.63, 3.8) is 0 Å². The van der Waals surface area contributed by atoms with E-state index in [1.54, 1.807) is 0 Å². The second-order valence-electron chi connectivity index (χ2n) is 7.68. The molecule has 0 saturated heterocycles. The molecular weight excluding hydrogens is 379 g/mol. The molecule has 0 unspecified atom stereocenters. The number of halogens is 5. The van der Waals surface area contributed by atoms with E-state index >= 15 is 0 Å². The van der Waals surface area contributed by atoms with Crippen LogP contribution in [0.5, 0.6) is 0 Å². The van der Waals surface area contributed by atoms with E-state index in [1.807, 2.05) is 0 Å². The summed E-state index contributed by atoms with van der Waals surface area (Å²) in [6.45, 7) is 2.21. The lowest BCUT2D eigenvalue weighted by molar-refractivity contribution is 0.294. The van der Waals surface area contributed by atoms with E-state index in [1.165, 1.54) is 38.5 Å². The summed E-state index contributed by atoms with van der Waals surface area (Å²) >= 11 is 0. The molecule has 0 nitrogen and oxygen atoms in total. The van der Waals surface area contributed by atoms with Gasteiger partial charge in [-0.2, -0.15) is 0 Å². The molecule has 0 amide bonds. The van der Waals surface area contributed by atoms with Crippen molar-refractivity contribution in [2.45, 2.75) is 76.0 Å². The van der Waals surface area contributed by atoms with E-state index in [0.29, 0.717) is 17.7 Å². The summed E-state index contributed by atoms with van der Waals surface area (Å²) in [6, 6.07) is 2.92. The predicted octanol–water partition coefficient (Wildman–Crippen LogP) is 8.86. The zero-order valence-electron chi connectivity index (χ0n) is 15.8. The molecule has 1 aromatic carbocycles. The van der Waals surface area contributed by atoms with E-state index in [9.17, 15) is 19.4 Å². The lowest BCUT2D eigenvalue weighted by Gasteiger charge is -2.40. The number of hydrogen-bond acceptors (Lipinski definition) is 0. The average Bonchev–Trinajstić information content (AvgIpc) is 2.59. The fraction of sp³-hybridized carbons (Fsp3) is 0.619. The molecule has 1 aromatic rings. The van der Waals surface area contributed by atoms with Crippen molar-refractivity contribution in [1.82, 2.24) is 0 Å². The molecule has 0 atom stereocenters. The first-order chi connectivity index (χ1) is 12.5. The van der Waals surface area contributed by atoms with E-state index < -0.39 is 15.1 Å². The van der Waals surface area contributed by atoms with Crippen LogP contribution in [-0.4, -0.2) is 0 Å². The molecule has 2 rings (SSSR count). The molecule has 0 spiro atoms. The second-order valence-corrected chi connectivity index (χ2v) is 10.1. The number of unbranched alkanes of at least 4 members (excludes halogenated alkanes) is 4. The van der Waals surface area contributed by atoms with Gasteiger partial charge < -0.3 is 0 Å². The van der Waals surface area contributed by atoms with Crippen molar-refractivity contribution in [2.75, 3.05) is 0 Å². The smallest absolute Gasteiger partial charge is 0.0945 e. The van der Waals surface area contributed by atoms with Crippen LogP contribution in [0, 0.1) is 23.7 Å². The van der Waals surface area contributed by atoms with E-state index in [-0.39, 0.29) is 5.92 Å². The highest BCUT2D eigenvalue weighted by atomic mass is 32.5. The minimum atomic E-state index is -9.59. The molecule has 1 saturated carbocycles. The quantitative estimate of drug-likeness (QED) is 0.240. The Morgan fingerprint density at radius 3 is 2.00 bits per heavy atom. The molecule has 0 heterocycles. The van der Waals surface area contributed by atoms with Crippen LogP contribution >= 0.6 is 10.2 Å². The number of rotatable bonds is 7. The standard InChI is InChI=1S/C21H29F5S/c1-2-3-4-5-6-7-18-8-10-19(11-9-18)12-13-20-14-16-21(17-15-20)27(22,23,24,25)26/h14-19H,2-11H2,1H3. The van der Waals surface area contributed by atoms with Crippen LogP contribution in [0.4, 0.5) is 19.4 Å². The second kappa shape index (κ2) is 8.03. The summed E-state index contributed by atoms with van der Waals surface area (Å²) in [4.78, 5) is -1.86. The highest BCUT2D eigenvalue weighted by Crippen LogP contribution is 3.02. The van der Waals surface area contributed by atoms with Gasteiger partial charge in [0.05, 0.1) is 0 Å². The third-order valence-electron chi connectivity index (χ3n) is 5.28. The predicted molar refractivity (Wildman–Crippen MR) is 104 cm³/mol. The van der Waals surface area contributed by atoms with Gasteiger partial charge in [0.1, 0.15) is 4.90 Å². The van der Waals surface area contributed by atoms with Crippen molar-refractivity contribution in [2.24, 2.45) is 11.8 Å². The van der Waals surface area contributed by atoms with Gasteiger partial charge >= 0.3 is 10.2 Å². The fourth-order valence-corrected chi connectivity index (χ4v) is 4.26. The summed E-state index contributed by atoms with van der Waals surface area (Å²) in [6.07, 6.45) is 12.1. The lowest BCUT2D eigenvalue weighted by Crippen LogP contribution is -2.13.